The number of anilines is 5. The van der Waals surface area contributed by atoms with Gasteiger partial charge in [-0.25, -0.2) is 23.8 Å². The zero-order chi connectivity index (χ0) is 29.2. The maximum absolute atomic E-state index is 14.6. The van der Waals surface area contributed by atoms with Gasteiger partial charge in [-0.1, -0.05) is 18.7 Å². The quantitative estimate of drug-likeness (QED) is 0.348. The van der Waals surface area contributed by atoms with E-state index in [0.29, 0.717) is 47.8 Å². The molecule has 1 aromatic heterocycles. The lowest BCUT2D eigenvalue weighted by Gasteiger charge is -2.37. The maximum Gasteiger partial charge on any atom is 0.247 e. The number of benzene rings is 2. The predicted octanol–water partition coefficient (Wildman–Crippen LogP) is 4.80. The number of amides is 1. The number of piperazine rings is 1. The first-order valence-electron chi connectivity index (χ1n) is 14.0. The number of nitrogens with one attached hydrogen (secondary N) is 2. The lowest BCUT2D eigenvalue weighted by molar-refractivity contribution is -0.111. The molecule has 1 amide bonds. The van der Waals surface area contributed by atoms with Gasteiger partial charge in [-0.3, -0.25) is 14.5 Å². The van der Waals surface area contributed by atoms with Crippen LogP contribution in [-0.4, -0.2) is 66.7 Å². The number of hydrogen-bond acceptors (Lipinski definition) is 9. The summed E-state index contributed by atoms with van der Waals surface area (Å²) in [5, 5.41) is 7.67. The van der Waals surface area contributed by atoms with Crippen molar-refractivity contribution in [2.24, 2.45) is 0 Å². The molecule has 3 aliphatic rings. The first-order chi connectivity index (χ1) is 20.4. The van der Waals surface area contributed by atoms with Crippen LogP contribution in [0.5, 0.6) is 5.75 Å². The van der Waals surface area contributed by atoms with Crippen molar-refractivity contribution in [3.05, 3.63) is 72.6 Å². The Morgan fingerprint density at radius 3 is 2.64 bits per heavy atom. The third-order valence-corrected chi connectivity index (χ3v) is 7.87. The van der Waals surface area contributed by atoms with Crippen LogP contribution in [0.2, 0.25) is 0 Å². The van der Waals surface area contributed by atoms with Crippen molar-refractivity contribution in [3.8, 4) is 5.75 Å². The molecule has 2 N–H and O–H groups in total. The van der Waals surface area contributed by atoms with E-state index in [9.17, 15) is 13.6 Å². The van der Waals surface area contributed by atoms with Gasteiger partial charge in [-0.05, 0) is 31.1 Å². The Morgan fingerprint density at radius 2 is 1.90 bits per heavy atom. The number of carbonyl (C=O) groups is 1. The molecular weight excluding hydrogens is 544 g/mol. The van der Waals surface area contributed by atoms with E-state index >= 15 is 0 Å². The number of carbonyl (C=O) groups excluding carboxylic acids is 1. The van der Waals surface area contributed by atoms with E-state index in [1.54, 1.807) is 19.2 Å². The number of hydroxylamine groups is 1. The van der Waals surface area contributed by atoms with Gasteiger partial charge in [-0.15, -0.1) is 0 Å². The highest BCUT2D eigenvalue weighted by molar-refractivity contribution is 6.02. The molecule has 42 heavy (non-hydrogen) atoms. The Morgan fingerprint density at radius 1 is 1.10 bits per heavy atom. The van der Waals surface area contributed by atoms with Crippen molar-refractivity contribution in [2.75, 3.05) is 60.5 Å². The third kappa shape index (κ3) is 5.72. The van der Waals surface area contributed by atoms with Crippen molar-refractivity contribution in [2.45, 2.75) is 31.3 Å². The number of nitrogens with zero attached hydrogens (tertiary/aromatic N) is 5. The van der Waals surface area contributed by atoms with E-state index in [4.69, 9.17) is 9.57 Å². The van der Waals surface area contributed by atoms with Gasteiger partial charge >= 0.3 is 0 Å². The van der Waals surface area contributed by atoms with Crippen molar-refractivity contribution in [1.29, 1.82) is 0 Å². The van der Waals surface area contributed by atoms with Crippen LogP contribution in [0.15, 0.2) is 55.4 Å². The summed E-state index contributed by atoms with van der Waals surface area (Å²) in [6, 6.07) is 9.63. The van der Waals surface area contributed by atoms with Crippen molar-refractivity contribution < 1.29 is 23.1 Å². The Bertz CT molecular complexity index is 1480. The van der Waals surface area contributed by atoms with Gasteiger partial charge in [0.05, 0.1) is 36.8 Å². The standard InChI is InChI=1S/C30H33F2N7O3/c1-3-29(40)36-22-15-23(26(41-2)16-25(22)38-12-10-37(11-13-38)19-7-8-19)35-27-17-28(34-18-33-27)39-24(9-14-42-39)20-5-4-6-21(31)30(20)32/h3-6,15-19,24H,1,7-14H2,2H3,(H,36,40)(H,33,34,35)/t24-/m1/s1. The smallest absolute Gasteiger partial charge is 0.247 e. The van der Waals surface area contributed by atoms with Crippen LogP contribution in [0.4, 0.5) is 37.5 Å². The van der Waals surface area contributed by atoms with Gasteiger partial charge in [0.1, 0.15) is 17.9 Å². The summed E-state index contributed by atoms with van der Waals surface area (Å²) in [7, 11) is 1.58. The molecule has 1 atom stereocenters. The fraction of sp³-hybridized carbons (Fsp3) is 0.367. The molecule has 12 heteroatoms. The molecule has 1 saturated carbocycles. The summed E-state index contributed by atoms with van der Waals surface area (Å²) in [6.45, 7) is 7.51. The first kappa shape index (κ1) is 27.9. The van der Waals surface area contributed by atoms with E-state index in [0.717, 1.165) is 37.9 Å². The Hall–Kier alpha value is -4.29. The zero-order valence-corrected chi connectivity index (χ0v) is 23.4. The molecular formula is C30H33F2N7O3. The van der Waals surface area contributed by atoms with Crippen LogP contribution >= 0.6 is 0 Å². The molecule has 0 spiro atoms. The minimum absolute atomic E-state index is 0.193. The first-order valence-corrected chi connectivity index (χ1v) is 14.0. The van der Waals surface area contributed by atoms with Crippen molar-refractivity contribution >= 4 is 34.6 Å². The fourth-order valence-electron chi connectivity index (χ4n) is 5.58. The van der Waals surface area contributed by atoms with Gasteiger partial charge < -0.3 is 20.3 Å². The number of ether oxygens (including phenoxy) is 1. The Labute approximate surface area is 242 Å². The summed E-state index contributed by atoms with van der Waals surface area (Å²) in [6.07, 6.45) is 5.59. The molecule has 3 heterocycles. The molecule has 1 aliphatic carbocycles. The van der Waals surface area contributed by atoms with Crippen LogP contribution in [0.1, 0.15) is 30.9 Å². The second-order valence-corrected chi connectivity index (χ2v) is 10.5. The highest BCUT2D eigenvalue weighted by atomic mass is 19.2. The monoisotopic (exact) mass is 577 g/mol. The Kier molecular flexibility index (Phi) is 7.90. The summed E-state index contributed by atoms with van der Waals surface area (Å²) >= 11 is 0. The van der Waals surface area contributed by atoms with Gasteiger partial charge in [0, 0.05) is 56.3 Å². The van der Waals surface area contributed by atoms with E-state index in [2.05, 4.69) is 37.0 Å². The number of rotatable bonds is 9. The average molecular weight is 578 g/mol. The lowest BCUT2D eigenvalue weighted by atomic mass is 10.0. The largest absolute Gasteiger partial charge is 0.494 e. The molecule has 0 radical (unpaired) electrons. The van der Waals surface area contributed by atoms with Crippen LogP contribution in [0, 0.1) is 11.6 Å². The van der Waals surface area contributed by atoms with E-state index in [1.165, 1.54) is 36.4 Å². The molecule has 2 saturated heterocycles. The predicted molar refractivity (Wildman–Crippen MR) is 156 cm³/mol. The molecule has 10 nitrogen and oxygen atoms in total. The number of methoxy groups -OCH3 is 1. The van der Waals surface area contributed by atoms with Crippen molar-refractivity contribution in [1.82, 2.24) is 14.9 Å². The molecule has 2 aromatic carbocycles. The summed E-state index contributed by atoms with van der Waals surface area (Å²) in [5.41, 5.74) is 2.23. The van der Waals surface area contributed by atoms with Gasteiger partial charge in [0.15, 0.2) is 17.5 Å². The van der Waals surface area contributed by atoms with E-state index in [-0.39, 0.29) is 11.5 Å². The zero-order valence-electron chi connectivity index (χ0n) is 23.4. The van der Waals surface area contributed by atoms with Crippen molar-refractivity contribution in [3.63, 3.8) is 0 Å². The molecule has 0 bridgehead atoms. The van der Waals surface area contributed by atoms with E-state index < -0.39 is 17.7 Å². The molecule has 0 unspecified atom stereocenters. The van der Waals surface area contributed by atoms with Gasteiger partial charge in [0.25, 0.3) is 0 Å². The summed E-state index contributed by atoms with van der Waals surface area (Å²) < 4.78 is 34.3. The van der Waals surface area contributed by atoms with E-state index in [1.807, 2.05) is 12.1 Å². The third-order valence-electron chi connectivity index (χ3n) is 7.87. The number of halogens is 2. The highest BCUT2D eigenvalue weighted by Gasteiger charge is 2.33. The lowest BCUT2D eigenvalue weighted by Crippen LogP contribution is -2.47. The maximum atomic E-state index is 14.6. The second kappa shape index (κ2) is 11.9. The molecule has 2 aliphatic heterocycles. The van der Waals surface area contributed by atoms with Crippen LogP contribution in [0.25, 0.3) is 0 Å². The molecule has 3 aromatic rings. The van der Waals surface area contributed by atoms with Crippen LogP contribution < -0.4 is 25.3 Å². The van der Waals surface area contributed by atoms with Gasteiger partial charge in [-0.2, -0.15) is 0 Å². The SMILES string of the molecule is C=CC(=O)Nc1cc(Nc2cc(N3OCC[C@@H]3c3cccc(F)c3F)ncn2)c(OC)cc1N1CCN(C2CC2)CC1. The summed E-state index contributed by atoms with van der Waals surface area (Å²) in [5.74, 6) is -0.789. The van der Waals surface area contributed by atoms with Gasteiger partial charge in [0.2, 0.25) is 5.91 Å². The molecule has 220 valence electrons. The topological polar surface area (TPSA) is 95.1 Å². The second-order valence-electron chi connectivity index (χ2n) is 10.5. The fourth-order valence-corrected chi connectivity index (χ4v) is 5.58. The Balaban J connectivity index is 1.27. The minimum atomic E-state index is -0.913. The number of hydrogen-bond donors (Lipinski definition) is 2. The summed E-state index contributed by atoms with van der Waals surface area (Å²) in [4.78, 5) is 31.6. The number of aromatic nitrogens is 2. The average Bonchev–Trinajstić information content (AvgIpc) is 3.75. The molecule has 3 fully saturated rings. The molecule has 6 rings (SSSR count). The minimum Gasteiger partial charge on any atom is -0.494 e. The van der Waals surface area contributed by atoms with Crippen LogP contribution in [-0.2, 0) is 9.63 Å². The normalized spacial score (nSPS) is 19.1. The highest BCUT2D eigenvalue weighted by Crippen LogP contribution is 2.40. The van der Waals surface area contributed by atoms with Crippen LogP contribution in [0.3, 0.4) is 0 Å².